The van der Waals surface area contributed by atoms with Crippen molar-refractivity contribution in [1.82, 2.24) is 19.7 Å². The first-order valence-corrected chi connectivity index (χ1v) is 5.97. The third-order valence-corrected chi connectivity index (χ3v) is 2.68. The maximum Gasteiger partial charge on any atom is 0.152 e. The van der Waals surface area contributed by atoms with Crippen LogP contribution in [-0.2, 0) is 6.54 Å². The molecule has 0 fully saturated rings. The molecule has 0 amide bonds. The van der Waals surface area contributed by atoms with Gasteiger partial charge in [-0.1, -0.05) is 0 Å². The minimum atomic E-state index is 0.573. The Balaban J connectivity index is 1.80. The van der Waals surface area contributed by atoms with E-state index >= 15 is 0 Å². The average molecular weight is 246 g/mol. The topological polar surface area (TPSA) is 81.7 Å². The van der Waals surface area contributed by atoms with Crippen LogP contribution >= 0.6 is 0 Å². The smallest absolute Gasteiger partial charge is 0.152 e. The first kappa shape index (κ1) is 12.3. The summed E-state index contributed by atoms with van der Waals surface area (Å²) < 4.78 is 2.01. The number of nitrogens with two attached hydrogens (primary N) is 1. The highest BCUT2D eigenvalue weighted by atomic mass is 15.3. The van der Waals surface area contributed by atoms with Crippen molar-refractivity contribution in [2.24, 2.45) is 0 Å². The zero-order valence-corrected chi connectivity index (χ0v) is 10.7. The third-order valence-electron chi connectivity index (χ3n) is 2.68. The van der Waals surface area contributed by atoms with E-state index in [4.69, 9.17) is 5.73 Å². The number of hydrogen-bond acceptors (Lipinski definition) is 5. The zero-order chi connectivity index (χ0) is 13.0. The molecule has 0 aliphatic rings. The average Bonchev–Trinajstić information content (AvgIpc) is 2.65. The van der Waals surface area contributed by atoms with E-state index in [1.165, 1.54) is 12.0 Å². The molecular formula is C12H18N6. The molecule has 2 rings (SSSR count). The molecule has 0 bridgehead atoms. The van der Waals surface area contributed by atoms with Gasteiger partial charge in [-0.05, 0) is 26.3 Å². The van der Waals surface area contributed by atoms with Crippen molar-refractivity contribution in [1.29, 1.82) is 0 Å². The third kappa shape index (κ3) is 2.97. The number of nitrogen functional groups attached to an aromatic ring is 1. The monoisotopic (exact) mass is 246 g/mol. The van der Waals surface area contributed by atoms with Crippen molar-refractivity contribution >= 4 is 11.5 Å². The summed E-state index contributed by atoms with van der Waals surface area (Å²) in [5, 5.41) is 7.60. The Morgan fingerprint density at radius 1 is 1.39 bits per heavy atom. The molecule has 0 atom stereocenters. The Hall–Kier alpha value is -2.11. The first-order valence-electron chi connectivity index (χ1n) is 5.97. The van der Waals surface area contributed by atoms with Gasteiger partial charge >= 0.3 is 0 Å². The number of anilines is 2. The highest BCUT2D eigenvalue weighted by Crippen LogP contribution is 2.11. The number of nitrogens with one attached hydrogen (secondary N) is 1. The highest BCUT2D eigenvalue weighted by molar-refractivity contribution is 5.58. The number of aryl methyl sites for hydroxylation is 3. The molecule has 0 aliphatic heterocycles. The SMILES string of the molecule is Cc1cc(C)n(CCCNc2ncncc2N)n1. The van der Waals surface area contributed by atoms with Crippen molar-refractivity contribution in [3.05, 3.63) is 30.0 Å². The number of hydrogen-bond donors (Lipinski definition) is 2. The van der Waals surface area contributed by atoms with E-state index in [2.05, 4.69) is 33.4 Å². The quantitative estimate of drug-likeness (QED) is 0.779. The second-order valence-electron chi connectivity index (χ2n) is 4.26. The normalized spacial score (nSPS) is 10.6. The van der Waals surface area contributed by atoms with E-state index in [1.807, 2.05) is 11.6 Å². The van der Waals surface area contributed by atoms with E-state index in [0.29, 0.717) is 11.5 Å². The van der Waals surface area contributed by atoms with E-state index < -0.39 is 0 Å². The summed E-state index contributed by atoms with van der Waals surface area (Å²) in [7, 11) is 0. The van der Waals surface area contributed by atoms with E-state index in [9.17, 15) is 0 Å². The van der Waals surface area contributed by atoms with Gasteiger partial charge in [0.05, 0.1) is 17.6 Å². The maximum atomic E-state index is 5.74. The predicted molar refractivity (Wildman–Crippen MR) is 71.3 cm³/mol. The van der Waals surface area contributed by atoms with Crippen molar-refractivity contribution in [2.45, 2.75) is 26.8 Å². The molecule has 6 heteroatoms. The fourth-order valence-corrected chi connectivity index (χ4v) is 1.83. The molecule has 18 heavy (non-hydrogen) atoms. The van der Waals surface area contributed by atoms with Gasteiger partial charge in [0, 0.05) is 18.8 Å². The molecule has 0 unspecified atom stereocenters. The molecule has 96 valence electrons. The van der Waals surface area contributed by atoms with Crippen LogP contribution in [0.1, 0.15) is 17.8 Å². The van der Waals surface area contributed by atoms with Gasteiger partial charge in [-0.25, -0.2) is 9.97 Å². The fourth-order valence-electron chi connectivity index (χ4n) is 1.83. The van der Waals surface area contributed by atoms with E-state index in [1.54, 1.807) is 6.20 Å². The van der Waals surface area contributed by atoms with Crippen molar-refractivity contribution < 1.29 is 0 Å². The largest absolute Gasteiger partial charge is 0.394 e. The predicted octanol–water partition coefficient (Wildman–Crippen LogP) is 1.37. The molecule has 2 aromatic rings. The second-order valence-corrected chi connectivity index (χ2v) is 4.26. The maximum absolute atomic E-state index is 5.74. The Morgan fingerprint density at radius 3 is 2.89 bits per heavy atom. The standard InChI is InChI=1S/C12H18N6/c1-9-6-10(2)18(17-9)5-3-4-15-12-11(13)7-14-8-16-12/h6-8H,3-5,13H2,1-2H3,(H,14,15,16). The Kier molecular flexibility index (Phi) is 3.76. The molecule has 0 aliphatic carbocycles. The van der Waals surface area contributed by atoms with Crippen LogP contribution in [-0.4, -0.2) is 26.3 Å². The van der Waals surface area contributed by atoms with E-state index in [0.717, 1.165) is 25.2 Å². The summed E-state index contributed by atoms with van der Waals surface area (Å²) >= 11 is 0. The fraction of sp³-hybridized carbons (Fsp3) is 0.417. The molecule has 3 N–H and O–H groups in total. The minimum absolute atomic E-state index is 0.573. The minimum Gasteiger partial charge on any atom is -0.394 e. The van der Waals surface area contributed by atoms with Crippen LogP contribution in [0.3, 0.4) is 0 Å². The van der Waals surface area contributed by atoms with Crippen LogP contribution < -0.4 is 11.1 Å². The van der Waals surface area contributed by atoms with Crippen LogP contribution in [0.4, 0.5) is 11.5 Å². The summed E-state index contributed by atoms with van der Waals surface area (Å²) in [4.78, 5) is 7.92. The number of aromatic nitrogens is 4. The van der Waals surface area contributed by atoms with Gasteiger partial charge in [0.2, 0.25) is 0 Å². The van der Waals surface area contributed by atoms with Gasteiger partial charge in [0.15, 0.2) is 5.82 Å². The Labute approximate surface area is 106 Å². The lowest BCUT2D eigenvalue weighted by Gasteiger charge is -2.08. The molecule has 0 aromatic carbocycles. The summed E-state index contributed by atoms with van der Waals surface area (Å²) in [6.07, 6.45) is 4.04. The van der Waals surface area contributed by atoms with Crippen molar-refractivity contribution in [3.8, 4) is 0 Å². The van der Waals surface area contributed by atoms with Gasteiger partial charge in [-0.3, -0.25) is 4.68 Å². The van der Waals surface area contributed by atoms with Crippen LogP contribution in [0, 0.1) is 13.8 Å². The Morgan fingerprint density at radius 2 is 2.22 bits per heavy atom. The second kappa shape index (κ2) is 5.48. The molecule has 2 heterocycles. The molecule has 0 saturated carbocycles. The van der Waals surface area contributed by atoms with Gasteiger partial charge in [-0.2, -0.15) is 5.10 Å². The van der Waals surface area contributed by atoms with Crippen LogP contribution in [0.15, 0.2) is 18.6 Å². The van der Waals surface area contributed by atoms with Crippen LogP contribution in [0.5, 0.6) is 0 Å². The Bertz CT molecular complexity index is 519. The van der Waals surface area contributed by atoms with Gasteiger partial charge in [-0.15, -0.1) is 0 Å². The van der Waals surface area contributed by atoms with Gasteiger partial charge in [0.25, 0.3) is 0 Å². The first-order chi connectivity index (χ1) is 8.66. The van der Waals surface area contributed by atoms with Crippen molar-refractivity contribution in [2.75, 3.05) is 17.6 Å². The molecule has 0 spiro atoms. The highest BCUT2D eigenvalue weighted by Gasteiger charge is 2.01. The van der Waals surface area contributed by atoms with Crippen molar-refractivity contribution in [3.63, 3.8) is 0 Å². The molecule has 2 aromatic heterocycles. The number of rotatable bonds is 5. The lowest BCUT2D eigenvalue weighted by atomic mass is 10.3. The van der Waals surface area contributed by atoms with Crippen LogP contribution in [0.2, 0.25) is 0 Å². The number of nitrogens with zero attached hydrogens (tertiary/aromatic N) is 4. The molecular weight excluding hydrogens is 228 g/mol. The van der Waals surface area contributed by atoms with E-state index in [-0.39, 0.29) is 0 Å². The summed E-state index contributed by atoms with van der Waals surface area (Å²) in [5.74, 6) is 0.693. The molecule has 6 nitrogen and oxygen atoms in total. The lowest BCUT2D eigenvalue weighted by molar-refractivity contribution is 0.573. The lowest BCUT2D eigenvalue weighted by Crippen LogP contribution is -2.10. The summed E-state index contributed by atoms with van der Waals surface area (Å²) in [5.41, 5.74) is 8.55. The summed E-state index contributed by atoms with van der Waals surface area (Å²) in [6, 6.07) is 2.08. The zero-order valence-electron chi connectivity index (χ0n) is 10.7. The van der Waals surface area contributed by atoms with Gasteiger partial charge < -0.3 is 11.1 Å². The molecule has 0 saturated heterocycles. The van der Waals surface area contributed by atoms with Crippen LogP contribution in [0.25, 0.3) is 0 Å². The van der Waals surface area contributed by atoms with Gasteiger partial charge in [0.1, 0.15) is 6.33 Å². The molecule has 0 radical (unpaired) electrons. The summed E-state index contributed by atoms with van der Waals surface area (Å²) in [6.45, 7) is 5.76.